The first kappa shape index (κ1) is 12.4. The van der Waals surface area contributed by atoms with E-state index in [0.717, 1.165) is 18.2 Å². The van der Waals surface area contributed by atoms with Crippen molar-refractivity contribution in [1.29, 1.82) is 0 Å². The lowest BCUT2D eigenvalue weighted by atomic mass is 9.98. The summed E-state index contributed by atoms with van der Waals surface area (Å²) in [6.45, 7) is 3.58. The van der Waals surface area contributed by atoms with Gasteiger partial charge in [0.2, 0.25) is 0 Å². The first-order valence-corrected chi connectivity index (χ1v) is 5.47. The summed E-state index contributed by atoms with van der Waals surface area (Å²) in [5.41, 5.74) is 0.913. The van der Waals surface area contributed by atoms with Crippen LogP contribution in [-0.4, -0.2) is 19.8 Å². The Hall–Kier alpha value is -1.07. The second-order valence-corrected chi connectivity index (χ2v) is 4.15. The zero-order valence-corrected chi connectivity index (χ0v) is 9.47. The van der Waals surface area contributed by atoms with Crippen molar-refractivity contribution in [1.82, 2.24) is 5.32 Å². The van der Waals surface area contributed by atoms with Crippen LogP contribution in [0.5, 0.6) is 0 Å². The van der Waals surface area contributed by atoms with Crippen LogP contribution in [0.3, 0.4) is 0 Å². The van der Waals surface area contributed by atoms with Crippen LogP contribution >= 0.6 is 0 Å². The highest BCUT2D eigenvalue weighted by Crippen LogP contribution is 2.31. The largest absolute Gasteiger partial charge is 0.416 e. The summed E-state index contributed by atoms with van der Waals surface area (Å²) >= 11 is 0. The topological polar surface area (TPSA) is 21.3 Å². The number of nitrogens with one attached hydrogen (secondary N) is 1. The fraction of sp³-hybridized carbons (Fsp3) is 0.500. The molecule has 2 rings (SSSR count). The molecule has 1 aliphatic heterocycles. The van der Waals surface area contributed by atoms with E-state index in [-0.39, 0.29) is 6.04 Å². The van der Waals surface area contributed by atoms with E-state index in [2.05, 4.69) is 5.32 Å². The number of ether oxygens (including phenoxy) is 1. The monoisotopic (exact) mass is 245 g/mol. The molecule has 0 aromatic heterocycles. The third-order valence-electron chi connectivity index (χ3n) is 2.89. The number of halogens is 3. The van der Waals surface area contributed by atoms with Gasteiger partial charge in [0.05, 0.1) is 24.8 Å². The molecule has 0 radical (unpaired) electrons. The summed E-state index contributed by atoms with van der Waals surface area (Å²) in [7, 11) is 0. The van der Waals surface area contributed by atoms with Crippen LogP contribution in [-0.2, 0) is 10.9 Å². The SMILES string of the molecule is Cc1cc(C(F)(F)F)ccc1C1COCCN1. The van der Waals surface area contributed by atoms with Crippen LogP contribution in [0, 0.1) is 6.92 Å². The first-order valence-electron chi connectivity index (χ1n) is 5.47. The summed E-state index contributed by atoms with van der Waals surface area (Å²) < 4.78 is 42.8. The van der Waals surface area contributed by atoms with Crippen LogP contribution < -0.4 is 5.32 Å². The standard InChI is InChI=1S/C12H14F3NO/c1-8-6-9(12(13,14)15)2-3-10(8)11-7-17-5-4-16-11/h2-3,6,11,16H,4-5,7H2,1H3. The Morgan fingerprint density at radius 2 is 2.12 bits per heavy atom. The Kier molecular flexibility index (Phi) is 3.40. The Balaban J connectivity index is 2.25. The quantitative estimate of drug-likeness (QED) is 0.821. The number of rotatable bonds is 1. The molecule has 1 fully saturated rings. The molecular formula is C12H14F3NO. The van der Waals surface area contributed by atoms with Crippen molar-refractivity contribution in [2.45, 2.75) is 19.1 Å². The van der Waals surface area contributed by atoms with E-state index in [0.29, 0.717) is 18.8 Å². The average Bonchev–Trinajstić information content (AvgIpc) is 2.29. The summed E-state index contributed by atoms with van der Waals surface area (Å²) in [6.07, 6.45) is -4.28. The van der Waals surface area contributed by atoms with Gasteiger partial charge in [-0.3, -0.25) is 0 Å². The molecule has 0 aliphatic carbocycles. The molecular weight excluding hydrogens is 231 g/mol. The van der Waals surface area contributed by atoms with Crippen LogP contribution in [0.15, 0.2) is 18.2 Å². The molecule has 0 amide bonds. The maximum atomic E-state index is 12.5. The molecule has 1 atom stereocenters. The molecule has 17 heavy (non-hydrogen) atoms. The van der Waals surface area contributed by atoms with Gasteiger partial charge in [-0.2, -0.15) is 13.2 Å². The van der Waals surface area contributed by atoms with Gasteiger partial charge >= 0.3 is 6.18 Å². The van der Waals surface area contributed by atoms with Gasteiger partial charge in [0, 0.05) is 6.54 Å². The van der Waals surface area contributed by atoms with Crippen molar-refractivity contribution in [2.75, 3.05) is 19.8 Å². The van der Waals surface area contributed by atoms with Gasteiger partial charge in [0.15, 0.2) is 0 Å². The van der Waals surface area contributed by atoms with E-state index in [1.54, 1.807) is 6.92 Å². The molecule has 1 N–H and O–H groups in total. The lowest BCUT2D eigenvalue weighted by Gasteiger charge is -2.25. The highest BCUT2D eigenvalue weighted by Gasteiger charge is 2.31. The fourth-order valence-corrected chi connectivity index (χ4v) is 2.01. The van der Waals surface area contributed by atoms with Crippen molar-refractivity contribution in [3.05, 3.63) is 34.9 Å². The van der Waals surface area contributed by atoms with Crippen LogP contribution in [0.2, 0.25) is 0 Å². The molecule has 1 heterocycles. The molecule has 1 unspecified atom stereocenters. The lowest BCUT2D eigenvalue weighted by Crippen LogP contribution is -2.35. The van der Waals surface area contributed by atoms with E-state index >= 15 is 0 Å². The molecule has 0 spiro atoms. The van der Waals surface area contributed by atoms with Gasteiger partial charge in [-0.15, -0.1) is 0 Å². The summed E-state index contributed by atoms with van der Waals surface area (Å²) in [6, 6.07) is 3.83. The van der Waals surface area contributed by atoms with Crippen molar-refractivity contribution in [3.63, 3.8) is 0 Å². The Morgan fingerprint density at radius 1 is 1.35 bits per heavy atom. The normalized spacial score (nSPS) is 21.5. The summed E-state index contributed by atoms with van der Waals surface area (Å²) in [5.74, 6) is 0. The summed E-state index contributed by atoms with van der Waals surface area (Å²) in [5, 5.41) is 3.23. The van der Waals surface area contributed by atoms with E-state index in [1.165, 1.54) is 12.1 Å². The second-order valence-electron chi connectivity index (χ2n) is 4.15. The van der Waals surface area contributed by atoms with E-state index in [1.807, 2.05) is 0 Å². The number of benzene rings is 1. The third-order valence-corrected chi connectivity index (χ3v) is 2.89. The van der Waals surface area contributed by atoms with Crippen LogP contribution in [0.1, 0.15) is 22.7 Å². The van der Waals surface area contributed by atoms with Gasteiger partial charge in [-0.05, 0) is 30.2 Å². The Morgan fingerprint density at radius 3 is 2.65 bits per heavy atom. The van der Waals surface area contributed by atoms with Crippen molar-refractivity contribution < 1.29 is 17.9 Å². The molecule has 2 nitrogen and oxygen atoms in total. The molecule has 0 bridgehead atoms. The average molecular weight is 245 g/mol. The minimum absolute atomic E-state index is 0.00830. The number of hydrogen-bond acceptors (Lipinski definition) is 2. The lowest BCUT2D eigenvalue weighted by molar-refractivity contribution is -0.137. The van der Waals surface area contributed by atoms with E-state index in [4.69, 9.17) is 4.74 Å². The van der Waals surface area contributed by atoms with Gasteiger partial charge in [-0.25, -0.2) is 0 Å². The highest BCUT2D eigenvalue weighted by molar-refractivity contribution is 5.34. The smallest absolute Gasteiger partial charge is 0.378 e. The predicted octanol–water partition coefficient (Wildman–Crippen LogP) is 2.67. The predicted molar refractivity (Wildman–Crippen MR) is 57.7 cm³/mol. The van der Waals surface area contributed by atoms with Gasteiger partial charge in [0.25, 0.3) is 0 Å². The number of alkyl halides is 3. The number of aryl methyl sites for hydroxylation is 1. The van der Waals surface area contributed by atoms with Gasteiger partial charge in [0.1, 0.15) is 0 Å². The van der Waals surface area contributed by atoms with Gasteiger partial charge in [-0.1, -0.05) is 6.07 Å². The van der Waals surface area contributed by atoms with Crippen molar-refractivity contribution in [2.24, 2.45) is 0 Å². The molecule has 5 heteroatoms. The minimum Gasteiger partial charge on any atom is -0.378 e. The minimum atomic E-state index is -4.28. The zero-order valence-electron chi connectivity index (χ0n) is 9.47. The molecule has 1 aliphatic rings. The fourth-order valence-electron chi connectivity index (χ4n) is 2.01. The van der Waals surface area contributed by atoms with Crippen LogP contribution in [0.25, 0.3) is 0 Å². The maximum Gasteiger partial charge on any atom is 0.416 e. The molecule has 1 aromatic carbocycles. The van der Waals surface area contributed by atoms with Crippen molar-refractivity contribution >= 4 is 0 Å². The van der Waals surface area contributed by atoms with E-state index in [9.17, 15) is 13.2 Å². The number of hydrogen-bond donors (Lipinski definition) is 1. The molecule has 1 saturated heterocycles. The zero-order chi connectivity index (χ0) is 12.5. The first-order chi connectivity index (χ1) is 7.98. The summed E-state index contributed by atoms with van der Waals surface area (Å²) in [4.78, 5) is 0. The molecule has 1 aromatic rings. The van der Waals surface area contributed by atoms with Crippen molar-refractivity contribution in [3.8, 4) is 0 Å². The Labute approximate surface area is 97.8 Å². The third kappa shape index (κ3) is 2.79. The van der Waals surface area contributed by atoms with Crippen LogP contribution in [0.4, 0.5) is 13.2 Å². The maximum absolute atomic E-state index is 12.5. The number of morpholine rings is 1. The highest BCUT2D eigenvalue weighted by atomic mass is 19.4. The Bertz CT molecular complexity index is 397. The second kappa shape index (κ2) is 4.66. The van der Waals surface area contributed by atoms with E-state index < -0.39 is 11.7 Å². The molecule has 94 valence electrons. The van der Waals surface area contributed by atoms with Gasteiger partial charge < -0.3 is 10.1 Å². The molecule has 0 saturated carbocycles.